The Labute approximate surface area is 118 Å². The number of nitrogens with two attached hydrogens (primary N) is 1. The molecule has 0 saturated carbocycles. The largest absolute Gasteiger partial charge is 0.336 e. The second-order valence-corrected chi connectivity index (χ2v) is 5.74. The zero-order chi connectivity index (χ0) is 14.4. The minimum Gasteiger partial charge on any atom is -0.336 e. The predicted octanol–water partition coefficient (Wildman–Crippen LogP) is 2.57. The van der Waals surface area contributed by atoms with E-state index in [0.29, 0.717) is 18.5 Å². The SMILES string of the molecule is CCC(CC)N(CC(C)C)C(CN)c1cncn1C. The van der Waals surface area contributed by atoms with Crippen molar-refractivity contribution in [1.82, 2.24) is 14.5 Å². The van der Waals surface area contributed by atoms with E-state index in [2.05, 4.69) is 42.1 Å². The first-order valence-corrected chi connectivity index (χ1v) is 7.47. The average molecular weight is 266 g/mol. The Morgan fingerprint density at radius 3 is 2.32 bits per heavy atom. The molecule has 110 valence electrons. The number of hydrogen-bond donors (Lipinski definition) is 1. The number of aryl methyl sites for hydroxylation is 1. The van der Waals surface area contributed by atoms with Crippen molar-refractivity contribution < 1.29 is 0 Å². The molecular weight excluding hydrogens is 236 g/mol. The van der Waals surface area contributed by atoms with Crippen LogP contribution in [0.1, 0.15) is 52.3 Å². The van der Waals surface area contributed by atoms with E-state index >= 15 is 0 Å². The van der Waals surface area contributed by atoms with Gasteiger partial charge in [-0.25, -0.2) is 4.98 Å². The molecule has 4 nitrogen and oxygen atoms in total. The molecule has 19 heavy (non-hydrogen) atoms. The lowest BCUT2D eigenvalue weighted by atomic mass is 10.0. The highest BCUT2D eigenvalue weighted by Gasteiger charge is 2.27. The smallest absolute Gasteiger partial charge is 0.0946 e. The molecule has 0 aliphatic heterocycles. The van der Waals surface area contributed by atoms with Crippen molar-refractivity contribution in [2.75, 3.05) is 13.1 Å². The molecular formula is C15H30N4. The second-order valence-electron chi connectivity index (χ2n) is 5.74. The summed E-state index contributed by atoms with van der Waals surface area (Å²) in [6, 6.07) is 0.852. The Morgan fingerprint density at radius 2 is 1.95 bits per heavy atom. The van der Waals surface area contributed by atoms with E-state index in [1.807, 2.05) is 19.6 Å². The van der Waals surface area contributed by atoms with E-state index in [4.69, 9.17) is 5.73 Å². The highest BCUT2D eigenvalue weighted by atomic mass is 15.2. The molecule has 1 atom stereocenters. The molecule has 1 aromatic heterocycles. The molecule has 1 rings (SSSR count). The van der Waals surface area contributed by atoms with Crippen molar-refractivity contribution in [1.29, 1.82) is 0 Å². The third kappa shape index (κ3) is 4.05. The van der Waals surface area contributed by atoms with Gasteiger partial charge in [0.25, 0.3) is 0 Å². The summed E-state index contributed by atoms with van der Waals surface area (Å²) < 4.78 is 2.09. The van der Waals surface area contributed by atoms with Crippen LogP contribution in [0.15, 0.2) is 12.5 Å². The molecule has 1 unspecified atom stereocenters. The van der Waals surface area contributed by atoms with Crippen LogP contribution in [0.25, 0.3) is 0 Å². The lowest BCUT2D eigenvalue weighted by molar-refractivity contribution is 0.108. The summed E-state index contributed by atoms with van der Waals surface area (Å²) in [5.41, 5.74) is 7.29. The number of hydrogen-bond acceptors (Lipinski definition) is 3. The summed E-state index contributed by atoms with van der Waals surface area (Å²) in [7, 11) is 2.05. The highest BCUT2D eigenvalue weighted by molar-refractivity contribution is 5.07. The van der Waals surface area contributed by atoms with Gasteiger partial charge in [-0.05, 0) is 18.8 Å². The first-order chi connectivity index (χ1) is 9.04. The zero-order valence-corrected chi connectivity index (χ0v) is 13.1. The number of aromatic nitrogens is 2. The van der Waals surface area contributed by atoms with E-state index in [1.54, 1.807) is 0 Å². The number of rotatable bonds is 8. The van der Waals surface area contributed by atoms with Crippen LogP contribution in [0.3, 0.4) is 0 Å². The van der Waals surface area contributed by atoms with Gasteiger partial charge in [-0.3, -0.25) is 4.90 Å². The normalized spacial score (nSPS) is 13.7. The monoisotopic (exact) mass is 266 g/mol. The van der Waals surface area contributed by atoms with Gasteiger partial charge >= 0.3 is 0 Å². The van der Waals surface area contributed by atoms with E-state index in [-0.39, 0.29) is 6.04 Å². The van der Waals surface area contributed by atoms with Gasteiger partial charge in [0.2, 0.25) is 0 Å². The van der Waals surface area contributed by atoms with E-state index in [9.17, 15) is 0 Å². The fourth-order valence-corrected chi connectivity index (χ4v) is 2.82. The summed E-state index contributed by atoms with van der Waals surface area (Å²) in [4.78, 5) is 6.81. The van der Waals surface area contributed by atoms with Gasteiger partial charge in [0.05, 0.1) is 18.1 Å². The molecule has 0 bridgehead atoms. The lowest BCUT2D eigenvalue weighted by Gasteiger charge is -2.38. The molecule has 0 amide bonds. The van der Waals surface area contributed by atoms with Crippen LogP contribution in [0.4, 0.5) is 0 Å². The minimum atomic E-state index is 0.264. The van der Waals surface area contributed by atoms with Crippen LogP contribution in [0, 0.1) is 5.92 Å². The molecule has 0 spiro atoms. The van der Waals surface area contributed by atoms with Crippen LogP contribution >= 0.6 is 0 Å². The standard InChI is InChI=1S/C15H30N4/c1-6-13(7-2)19(10-12(3)4)14(8-16)15-9-17-11-18(15)5/h9,11-14H,6-8,10,16H2,1-5H3. The molecule has 1 aromatic rings. The predicted molar refractivity (Wildman–Crippen MR) is 80.9 cm³/mol. The fraction of sp³-hybridized carbons (Fsp3) is 0.800. The maximum Gasteiger partial charge on any atom is 0.0946 e. The Kier molecular flexibility index (Phi) is 6.52. The van der Waals surface area contributed by atoms with Crippen molar-refractivity contribution >= 4 is 0 Å². The lowest BCUT2D eigenvalue weighted by Crippen LogP contribution is -2.43. The highest BCUT2D eigenvalue weighted by Crippen LogP contribution is 2.25. The maximum absolute atomic E-state index is 6.07. The first kappa shape index (κ1) is 16.2. The Morgan fingerprint density at radius 1 is 1.32 bits per heavy atom. The molecule has 0 saturated heterocycles. The molecule has 0 aliphatic carbocycles. The third-order valence-corrected chi connectivity index (χ3v) is 3.81. The van der Waals surface area contributed by atoms with Crippen LogP contribution < -0.4 is 5.73 Å². The van der Waals surface area contributed by atoms with Crippen LogP contribution in [-0.2, 0) is 7.05 Å². The van der Waals surface area contributed by atoms with Crippen LogP contribution in [0.5, 0.6) is 0 Å². The summed E-state index contributed by atoms with van der Waals surface area (Å²) in [6.45, 7) is 10.8. The molecule has 1 heterocycles. The third-order valence-electron chi connectivity index (χ3n) is 3.81. The van der Waals surface area contributed by atoms with Crippen molar-refractivity contribution in [3.63, 3.8) is 0 Å². The quantitative estimate of drug-likeness (QED) is 0.786. The van der Waals surface area contributed by atoms with Crippen LogP contribution in [0.2, 0.25) is 0 Å². The number of nitrogens with zero attached hydrogens (tertiary/aromatic N) is 3. The van der Waals surface area contributed by atoms with Crippen LogP contribution in [-0.4, -0.2) is 33.6 Å². The molecule has 0 radical (unpaired) electrons. The van der Waals surface area contributed by atoms with Gasteiger partial charge in [-0.2, -0.15) is 0 Å². The Balaban J connectivity index is 3.02. The van der Waals surface area contributed by atoms with Crippen molar-refractivity contribution in [3.8, 4) is 0 Å². The van der Waals surface area contributed by atoms with E-state index in [0.717, 1.165) is 19.4 Å². The van der Waals surface area contributed by atoms with Crippen molar-refractivity contribution in [3.05, 3.63) is 18.2 Å². The minimum absolute atomic E-state index is 0.264. The Bertz CT molecular complexity index is 355. The van der Waals surface area contributed by atoms with Gasteiger partial charge in [0.1, 0.15) is 0 Å². The van der Waals surface area contributed by atoms with Gasteiger partial charge in [-0.15, -0.1) is 0 Å². The maximum atomic E-state index is 6.07. The molecule has 0 aliphatic rings. The zero-order valence-electron chi connectivity index (χ0n) is 13.1. The van der Waals surface area contributed by atoms with Gasteiger partial charge in [-0.1, -0.05) is 27.7 Å². The molecule has 0 fully saturated rings. The van der Waals surface area contributed by atoms with Gasteiger partial charge < -0.3 is 10.3 Å². The topological polar surface area (TPSA) is 47.1 Å². The summed E-state index contributed by atoms with van der Waals surface area (Å²) in [5, 5.41) is 0. The van der Waals surface area contributed by atoms with Gasteiger partial charge in [0.15, 0.2) is 0 Å². The van der Waals surface area contributed by atoms with E-state index < -0.39 is 0 Å². The molecule has 0 aromatic carbocycles. The summed E-state index contributed by atoms with van der Waals surface area (Å²) >= 11 is 0. The van der Waals surface area contributed by atoms with Crippen molar-refractivity contribution in [2.24, 2.45) is 18.7 Å². The number of imidazole rings is 1. The van der Waals surface area contributed by atoms with E-state index in [1.165, 1.54) is 5.69 Å². The summed E-state index contributed by atoms with van der Waals surface area (Å²) in [6.07, 6.45) is 6.14. The molecule has 2 N–H and O–H groups in total. The summed E-state index contributed by atoms with van der Waals surface area (Å²) in [5.74, 6) is 0.642. The Hall–Kier alpha value is -0.870. The second kappa shape index (κ2) is 7.65. The van der Waals surface area contributed by atoms with Crippen molar-refractivity contribution in [2.45, 2.75) is 52.6 Å². The average Bonchev–Trinajstić information content (AvgIpc) is 2.77. The first-order valence-electron chi connectivity index (χ1n) is 7.47. The fourth-order valence-electron chi connectivity index (χ4n) is 2.82. The van der Waals surface area contributed by atoms with Gasteiger partial charge in [0, 0.05) is 32.4 Å². The molecule has 4 heteroatoms.